The molecule has 7 nitrogen and oxygen atoms in total. The fraction of sp³-hybridized carbons (Fsp3) is 0.625. The Morgan fingerprint density at radius 1 is 0.800 bits per heavy atom. The average molecular weight is 388 g/mol. The van der Waals surface area contributed by atoms with Gasteiger partial charge in [0.1, 0.15) is 0 Å². The van der Waals surface area contributed by atoms with Crippen molar-refractivity contribution in [1.82, 2.24) is 13.3 Å². The zero-order valence-electron chi connectivity index (χ0n) is 14.2. The van der Waals surface area contributed by atoms with Gasteiger partial charge >= 0.3 is 0 Å². The van der Waals surface area contributed by atoms with Crippen LogP contribution in [0.25, 0.3) is 0 Å². The summed E-state index contributed by atoms with van der Waals surface area (Å²) in [5.41, 5.74) is 0. The second-order valence-corrected chi connectivity index (χ2v) is 10.2. The Bertz CT molecular complexity index is 767. The average Bonchev–Trinajstić information content (AvgIpc) is 2.63. The van der Waals surface area contributed by atoms with Crippen LogP contribution in [0.2, 0.25) is 0 Å². The van der Waals surface area contributed by atoms with Crippen molar-refractivity contribution in [2.45, 2.75) is 43.0 Å². The second-order valence-electron chi connectivity index (χ2n) is 6.57. The molecule has 0 saturated carbocycles. The minimum Gasteiger partial charge on any atom is -0.207 e. The van der Waals surface area contributed by atoms with Gasteiger partial charge in [-0.1, -0.05) is 24.6 Å². The molecule has 9 heteroatoms. The lowest BCUT2D eigenvalue weighted by molar-refractivity contribution is 0.296. The molecule has 3 rings (SSSR count). The summed E-state index contributed by atoms with van der Waals surface area (Å²) >= 11 is 0. The summed E-state index contributed by atoms with van der Waals surface area (Å²) in [5.74, 6) is 0. The smallest absolute Gasteiger partial charge is 0.207 e. The van der Waals surface area contributed by atoms with E-state index in [2.05, 4.69) is 4.72 Å². The molecule has 0 spiro atoms. The van der Waals surface area contributed by atoms with Crippen LogP contribution in [-0.2, 0) is 20.2 Å². The number of piperidine rings is 2. The molecule has 1 aromatic carbocycles. The first-order valence-electron chi connectivity index (χ1n) is 8.72. The maximum atomic E-state index is 12.6. The molecule has 2 saturated heterocycles. The first kappa shape index (κ1) is 18.8. The summed E-state index contributed by atoms with van der Waals surface area (Å²) in [7, 11) is -6.98. The Labute approximate surface area is 150 Å². The van der Waals surface area contributed by atoms with Gasteiger partial charge in [0.25, 0.3) is 10.2 Å². The Kier molecular flexibility index (Phi) is 5.79. The summed E-state index contributed by atoms with van der Waals surface area (Å²) in [6.45, 7) is 1.78. The predicted molar refractivity (Wildman–Crippen MR) is 95.7 cm³/mol. The van der Waals surface area contributed by atoms with E-state index in [-0.39, 0.29) is 10.9 Å². The summed E-state index contributed by atoms with van der Waals surface area (Å²) in [6, 6.07) is 8.13. The van der Waals surface area contributed by atoms with E-state index < -0.39 is 20.2 Å². The molecular formula is C16H25N3O4S2. The fourth-order valence-electron chi connectivity index (χ4n) is 3.35. The Hall–Kier alpha value is -1.00. The van der Waals surface area contributed by atoms with Crippen LogP contribution in [0.3, 0.4) is 0 Å². The van der Waals surface area contributed by atoms with Crippen molar-refractivity contribution in [1.29, 1.82) is 0 Å². The van der Waals surface area contributed by atoms with Crippen LogP contribution in [0.4, 0.5) is 0 Å². The minimum absolute atomic E-state index is 0.214. The molecule has 1 N–H and O–H groups in total. The topological polar surface area (TPSA) is 86.8 Å². The van der Waals surface area contributed by atoms with Crippen molar-refractivity contribution in [3.8, 4) is 0 Å². The van der Waals surface area contributed by atoms with E-state index in [9.17, 15) is 16.8 Å². The van der Waals surface area contributed by atoms with Gasteiger partial charge in [0.15, 0.2) is 0 Å². The molecule has 0 atom stereocenters. The lowest BCUT2D eigenvalue weighted by atomic mass is 10.1. The van der Waals surface area contributed by atoms with Crippen molar-refractivity contribution >= 4 is 20.2 Å². The lowest BCUT2D eigenvalue weighted by Crippen LogP contribution is -2.51. The number of rotatable bonds is 5. The third kappa shape index (κ3) is 4.40. The molecule has 140 valence electrons. The van der Waals surface area contributed by atoms with E-state index in [1.807, 2.05) is 0 Å². The quantitative estimate of drug-likeness (QED) is 0.821. The molecule has 2 aliphatic heterocycles. The number of benzene rings is 1. The summed E-state index contributed by atoms with van der Waals surface area (Å²) in [6.07, 6.45) is 3.84. The monoisotopic (exact) mass is 387 g/mol. The van der Waals surface area contributed by atoms with Crippen molar-refractivity contribution < 1.29 is 16.8 Å². The molecule has 2 heterocycles. The van der Waals surface area contributed by atoms with Crippen molar-refractivity contribution in [3.63, 3.8) is 0 Å². The zero-order valence-corrected chi connectivity index (χ0v) is 15.8. The van der Waals surface area contributed by atoms with Crippen LogP contribution < -0.4 is 4.72 Å². The molecular weight excluding hydrogens is 362 g/mol. The van der Waals surface area contributed by atoms with Gasteiger partial charge in [-0.3, -0.25) is 0 Å². The second kappa shape index (κ2) is 7.71. The molecule has 2 aliphatic rings. The Balaban J connectivity index is 1.58. The van der Waals surface area contributed by atoms with E-state index in [0.29, 0.717) is 39.0 Å². The van der Waals surface area contributed by atoms with Crippen LogP contribution in [0.5, 0.6) is 0 Å². The number of hydrogen-bond acceptors (Lipinski definition) is 4. The molecule has 2 fully saturated rings. The van der Waals surface area contributed by atoms with Crippen molar-refractivity contribution in [2.24, 2.45) is 0 Å². The summed E-state index contributed by atoms with van der Waals surface area (Å²) in [5, 5.41) is 0. The number of nitrogens with zero attached hydrogens (tertiary/aromatic N) is 2. The first-order chi connectivity index (χ1) is 11.9. The van der Waals surface area contributed by atoms with Crippen LogP contribution in [0.15, 0.2) is 35.2 Å². The molecule has 0 bridgehead atoms. The number of sulfonamides is 1. The zero-order chi connectivity index (χ0) is 17.9. The van der Waals surface area contributed by atoms with Gasteiger partial charge in [-0.25, -0.2) is 8.42 Å². The largest absolute Gasteiger partial charge is 0.279 e. The van der Waals surface area contributed by atoms with Gasteiger partial charge in [0.05, 0.1) is 4.90 Å². The highest BCUT2D eigenvalue weighted by Gasteiger charge is 2.32. The Morgan fingerprint density at radius 2 is 1.40 bits per heavy atom. The third-order valence-electron chi connectivity index (χ3n) is 4.81. The maximum absolute atomic E-state index is 12.6. The van der Waals surface area contributed by atoms with Crippen LogP contribution in [-0.4, -0.2) is 57.7 Å². The van der Waals surface area contributed by atoms with E-state index in [0.717, 1.165) is 19.3 Å². The van der Waals surface area contributed by atoms with E-state index in [1.54, 1.807) is 30.3 Å². The highest BCUT2D eigenvalue weighted by Crippen LogP contribution is 2.21. The van der Waals surface area contributed by atoms with Crippen LogP contribution in [0, 0.1) is 0 Å². The van der Waals surface area contributed by atoms with Gasteiger partial charge in [-0.15, -0.1) is 0 Å². The van der Waals surface area contributed by atoms with Gasteiger partial charge in [-0.2, -0.15) is 21.8 Å². The molecule has 1 aromatic rings. The molecule has 0 radical (unpaired) electrons. The van der Waals surface area contributed by atoms with Crippen LogP contribution in [0.1, 0.15) is 32.1 Å². The number of hydrogen-bond donors (Lipinski definition) is 1. The summed E-state index contributed by atoms with van der Waals surface area (Å²) in [4.78, 5) is 0.280. The van der Waals surface area contributed by atoms with Gasteiger partial charge < -0.3 is 0 Å². The Morgan fingerprint density at radius 3 is 2.00 bits per heavy atom. The number of nitrogens with one attached hydrogen (secondary N) is 1. The molecule has 0 unspecified atom stereocenters. The summed E-state index contributed by atoms with van der Waals surface area (Å²) < 4.78 is 55.8. The highest BCUT2D eigenvalue weighted by atomic mass is 32.2. The normalized spacial score (nSPS) is 22.1. The SMILES string of the molecule is O=S(=O)(NC1CCN(S(=O)(=O)c2ccccc2)CC1)N1CCCCC1. The van der Waals surface area contributed by atoms with Gasteiger partial charge in [0, 0.05) is 32.2 Å². The predicted octanol–water partition coefficient (Wildman–Crippen LogP) is 1.16. The third-order valence-corrected chi connectivity index (χ3v) is 8.39. The van der Waals surface area contributed by atoms with E-state index in [4.69, 9.17) is 0 Å². The van der Waals surface area contributed by atoms with Gasteiger partial charge in [0.2, 0.25) is 10.0 Å². The molecule has 0 aromatic heterocycles. The maximum Gasteiger partial charge on any atom is 0.279 e. The molecule has 25 heavy (non-hydrogen) atoms. The van der Waals surface area contributed by atoms with E-state index in [1.165, 1.54) is 8.61 Å². The highest BCUT2D eigenvalue weighted by molar-refractivity contribution is 7.89. The van der Waals surface area contributed by atoms with Gasteiger partial charge in [-0.05, 0) is 37.8 Å². The van der Waals surface area contributed by atoms with Crippen LogP contribution >= 0.6 is 0 Å². The van der Waals surface area contributed by atoms with E-state index >= 15 is 0 Å². The van der Waals surface area contributed by atoms with Crippen molar-refractivity contribution in [2.75, 3.05) is 26.2 Å². The fourth-order valence-corrected chi connectivity index (χ4v) is 6.38. The molecule has 0 amide bonds. The standard InChI is InChI=1S/C16H25N3O4S2/c20-24(21,16-7-3-1-4-8-16)18-13-9-15(10-14-18)17-25(22,23)19-11-5-2-6-12-19/h1,3-4,7-8,15,17H,2,5-6,9-14H2. The molecule has 0 aliphatic carbocycles. The van der Waals surface area contributed by atoms with Crippen molar-refractivity contribution in [3.05, 3.63) is 30.3 Å². The lowest BCUT2D eigenvalue weighted by Gasteiger charge is -2.33. The first-order valence-corrected chi connectivity index (χ1v) is 11.6. The minimum atomic E-state index is -3.50.